The second kappa shape index (κ2) is 7.62. The van der Waals surface area contributed by atoms with Crippen LogP contribution in [0, 0.1) is 24.2 Å². The highest BCUT2D eigenvalue weighted by Gasteiger charge is 2.33. The zero-order valence-electron chi connectivity index (χ0n) is 17.0. The van der Waals surface area contributed by atoms with Gasteiger partial charge in [-0.1, -0.05) is 23.7 Å². The number of nitrogens with zero attached hydrogens (tertiary/aromatic N) is 6. The van der Waals surface area contributed by atoms with Crippen LogP contribution in [0.3, 0.4) is 0 Å². The van der Waals surface area contributed by atoms with E-state index < -0.39 is 5.97 Å². The largest absolute Gasteiger partial charge is 0.481 e. The molecule has 0 unspecified atom stereocenters. The van der Waals surface area contributed by atoms with Gasteiger partial charge in [0.25, 0.3) is 0 Å². The van der Waals surface area contributed by atoms with E-state index in [9.17, 15) is 15.2 Å². The van der Waals surface area contributed by atoms with Crippen molar-refractivity contribution in [1.82, 2.24) is 19.6 Å². The van der Waals surface area contributed by atoms with Gasteiger partial charge in [0.1, 0.15) is 16.7 Å². The molecule has 1 saturated heterocycles. The molecule has 0 amide bonds. The van der Waals surface area contributed by atoms with E-state index in [-0.39, 0.29) is 5.92 Å². The molecular weight excluding hydrogens is 428 g/mol. The molecule has 1 N–H and O–H groups in total. The van der Waals surface area contributed by atoms with Crippen LogP contribution >= 0.6 is 11.6 Å². The summed E-state index contributed by atoms with van der Waals surface area (Å²) in [5.74, 6) is -0.498. The molecule has 5 rings (SSSR count). The number of benzene rings is 1. The predicted molar refractivity (Wildman–Crippen MR) is 119 cm³/mol. The number of rotatable bonds is 4. The summed E-state index contributed by atoms with van der Waals surface area (Å²) < 4.78 is 1.69. The smallest absolute Gasteiger partial charge is 0.310 e. The first-order chi connectivity index (χ1) is 15.4. The van der Waals surface area contributed by atoms with E-state index >= 15 is 0 Å². The van der Waals surface area contributed by atoms with Crippen molar-refractivity contribution < 1.29 is 9.90 Å². The fraction of sp³-hybridized carbons (Fsp3) is 0.174. The average Bonchev–Trinajstić information content (AvgIpc) is 3.10. The van der Waals surface area contributed by atoms with Gasteiger partial charge in [-0.25, -0.2) is 14.5 Å². The minimum absolute atomic E-state index is 0.360. The first-order valence-corrected chi connectivity index (χ1v) is 10.3. The average molecular weight is 445 g/mol. The summed E-state index contributed by atoms with van der Waals surface area (Å²) in [6.45, 7) is 2.69. The van der Waals surface area contributed by atoms with Crippen LogP contribution in [0.15, 0.2) is 48.7 Å². The number of hydrogen-bond donors (Lipinski definition) is 1. The Bertz CT molecular complexity index is 1400. The number of halogens is 1. The Labute approximate surface area is 188 Å². The fourth-order valence-electron chi connectivity index (χ4n) is 3.89. The predicted octanol–water partition coefficient (Wildman–Crippen LogP) is 3.81. The van der Waals surface area contributed by atoms with Crippen molar-refractivity contribution in [3.8, 4) is 28.5 Å². The first kappa shape index (κ1) is 20.0. The third-order valence-corrected chi connectivity index (χ3v) is 5.69. The summed E-state index contributed by atoms with van der Waals surface area (Å²) in [5.41, 5.74) is 4.93. The lowest BCUT2D eigenvalue weighted by Gasteiger charge is -2.37. The van der Waals surface area contributed by atoms with Crippen LogP contribution in [0.1, 0.15) is 11.3 Å². The molecule has 3 aromatic heterocycles. The SMILES string of the molecule is Cc1cc(-c2c(-c3cccc(C#N)c3)nn3ccc(N4CC(C(=O)O)C4)nc23)cc(Cl)n1. The number of carboxylic acid groups (broad SMARTS) is 1. The van der Waals surface area contributed by atoms with Gasteiger partial charge in [0, 0.05) is 30.5 Å². The van der Waals surface area contributed by atoms with Crippen molar-refractivity contribution in [3.63, 3.8) is 0 Å². The van der Waals surface area contributed by atoms with Crippen molar-refractivity contribution >= 4 is 29.0 Å². The molecule has 158 valence electrons. The molecule has 0 atom stereocenters. The zero-order chi connectivity index (χ0) is 22.4. The van der Waals surface area contributed by atoms with Gasteiger partial charge >= 0.3 is 5.97 Å². The quantitative estimate of drug-likeness (QED) is 0.477. The Morgan fingerprint density at radius 1 is 1.19 bits per heavy atom. The van der Waals surface area contributed by atoms with Gasteiger partial charge in [-0.2, -0.15) is 10.4 Å². The number of aliphatic carboxylic acids is 1. The summed E-state index contributed by atoms with van der Waals surface area (Å²) in [6.07, 6.45) is 1.81. The fourth-order valence-corrected chi connectivity index (χ4v) is 4.14. The number of anilines is 1. The Kier molecular flexibility index (Phi) is 4.76. The molecule has 32 heavy (non-hydrogen) atoms. The molecule has 0 bridgehead atoms. The summed E-state index contributed by atoms with van der Waals surface area (Å²) in [5, 5.41) is 23.6. The molecular formula is C23H17ClN6O2. The molecule has 1 aromatic carbocycles. The van der Waals surface area contributed by atoms with Gasteiger partial charge in [-0.15, -0.1) is 0 Å². The van der Waals surface area contributed by atoms with E-state index in [1.165, 1.54) is 0 Å². The third kappa shape index (κ3) is 3.43. The van der Waals surface area contributed by atoms with E-state index in [1.807, 2.05) is 42.3 Å². The van der Waals surface area contributed by atoms with Gasteiger partial charge in [-0.3, -0.25) is 4.79 Å². The standard InChI is InChI=1S/C23H17ClN6O2/c1-13-7-16(9-18(24)26-13)20-21(15-4-2-3-14(8-15)10-25)28-30-6-5-19(27-22(20)30)29-11-17(12-29)23(31)32/h2-9,17H,11-12H2,1H3,(H,31,32). The van der Waals surface area contributed by atoms with Gasteiger partial charge in [0.15, 0.2) is 5.65 Å². The molecule has 1 aliphatic rings. The highest BCUT2D eigenvalue weighted by Crippen LogP contribution is 2.37. The molecule has 0 spiro atoms. The molecule has 1 fully saturated rings. The normalized spacial score (nSPS) is 13.7. The Morgan fingerprint density at radius 2 is 2.00 bits per heavy atom. The summed E-state index contributed by atoms with van der Waals surface area (Å²) in [6, 6.07) is 14.9. The number of fused-ring (bicyclic) bond motifs is 1. The monoisotopic (exact) mass is 444 g/mol. The lowest BCUT2D eigenvalue weighted by atomic mass is 10.00. The van der Waals surface area contributed by atoms with Gasteiger partial charge < -0.3 is 10.0 Å². The number of carboxylic acids is 1. The molecule has 4 heterocycles. The van der Waals surface area contributed by atoms with E-state index in [2.05, 4.69) is 11.1 Å². The maximum atomic E-state index is 11.2. The lowest BCUT2D eigenvalue weighted by Crippen LogP contribution is -2.50. The third-order valence-electron chi connectivity index (χ3n) is 5.50. The number of carbonyl (C=O) groups is 1. The van der Waals surface area contributed by atoms with Crippen LogP contribution in [0.4, 0.5) is 5.82 Å². The van der Waals surface area contributed by atoms with E-state index in [1.54, 1.807) is 22.7 Å². The molecule has 8 nitrogen and oxygen atoms in total. The second-order valence-corrected chi connectivity index (χ2v) is 8.12. The van der Waals surface area contributed by atoms with Crippen molar-refractivity contribution in [2.45, 2.75) is 6.92 Å². The zero-order valence-corrected chi connectivity index (χ0v) is 17.8. The van der Waals surface area contributed by atoms with Crippen molar-refractivity contribution in [2.24, 2.45) is 5.92 Å². The van der Waals surface area contributed by atoms with Crippen LogP contribution in [0.25, 0.3) is 28.0 Å². The molecule has 0 aliphatic carbocycles. The summed E-state index contributed by atoms with van der Waals surface area (Å²) >= 11 is 6.26. The highest BCUT2D eigenvalue weighted by atomic mass is 35.5. The Balaban J connectivity index is 1.71. The summed E-state index contributed by atoms with van der Waals surface area (Å²) in [4.78, 5) is 22.2. The van der Waals surface area contributed by atoms with Crippen LogP contribution < -0.4 is 4.90 Å². The highest BCUT2D eigenvalue weighted by molar-refractivity contribution is 6.29. The van der Waals surface area contributed by atoms with Gasteiger partial charge in [0.05, 0.1) is 23.1 Å². The molecule has 0 radical (unpaired) electrons. The number of aryl methyl sites for hydroxylation is 1. The minimum Gasteiger partial charge on any atom is -0.481 e. The first-order valence-electron chi connectivity index (χ1n) is 9.95. The number of nitriles is 1. The van der Waals surface area contributed by atoms with Crippen molar-refractivity contribution in [1.29, 1.82) is 5.26 Å². The van der Waals surface area contributed by atoms with Crippen molar-refractivity contribution in [3.05, 3.63) is 65.1 Å². The van der Waals surface area contributed by atoms with E-state index in [0.717, 1.165) is 22.4 Å². The van der Waals surface area contributed by atoms with E-state index in [0.29, 0.717) is 41.0 Å². The molecule has 4 aromatic rings. The maximum absolute atomic E-state index is 11.2. The number of hydrogen-bond acceptors (Lipinski definition) is 6. The molecule has 0 saturated carbocycles. The molecule has 1 aliphatic heterocycles. The lowest BCUT2D eigenvalue weighted by molar-refractivity contribution is -0.142. The Hall–Kier alpha value is -3.96. The molecule has 9 heteroatoms. The summed E-state index contributed by atoms with van der Waals surface area (Å²) in [7, 11) is 0. The van der Waals surface area contributed by atoms with Gasteiger partial charge in [-0.05, 0) is 42.8 Å². The second-order valence-electron chi connectivity index (χ2n) is 7.73. The van der Waals surface area contributed by atoms with E-state index in [4.69, 9.17) is 21.7 Å². The maximum Gasteiger partial charge on any atom is 0.310 e. The Morgan fingerprint density at radius 3 is 2.72 bits per heavy atom. The van der Waals surface area contributed by atoms with Gasteiger partial charge in [0.2, 0.25) is 0 Å². The number of pyridine rings is 1. The minimum atomic E-state index is -0.797. The number of aromatic nitrogens is 4. The van der Waals surface area contributed by atoms with Crippen LogP contribution in [0.5, 0.6) is 0 Å². The van der Waals surface area contributed by atoms with Crippen molar-refractivity contribution in [2.75, 3.05) is 18.0 Å². The van der Waals surface area contributed by atoms with Crippen LogP contribution in [0.2, 0.25) is 5.15 Å². The van der Waals surface area contributed by atoms with Crippen LogP contribution in [-0.2, 0) is 4.79 Å². The topological polar surface area (TPSA) is 107 Å². The van der Waals surface area contributed by atoms with Crippen LogP contribution in [-0.4, -0.2) is 43.7 Å².